The first-order valence-electron chi connectivity index (χ1n) is 17.8. The van der Waals surface area contributed by atoms with Crippen LogP contribution >= 0.6 is 0 Å². The van der Waals surface area contributed by atoms with Crippen molar-refractivity contribution in [3.05, 3.63) is 85.1 Å². The van der Waals surface area contributed by atoms with Crippen LogP contribution in [0.25, 0.3) is 0 Å². The van der Waals surface area contributed by atoms with Gasteiger partial charge in [0.2, 0.25) is 5.91 Å². The summed E-state index contributed by atoms with van der Waals surface area (Å²) in [5.41, 5.74) is 0. The van der Waals surface area contributed by atoms with Crippen LogP contribution in [0.4, 0.5) is 0 Å². The van der Waals surface area contributed by atoms with E-state index in [2.05, 4.69) is 86.0 Å². The molecule has 0 radical (unpaired) electrons. The van der Waals surface area contributed by atoms with Crippen molar-refractivity contribution in [3.63, 3.8) is 0 Å². The summed E-state index contributed by atoms with van der Waals surface area (Å²) >= 11 is 0. The first-order chi connectivity index (χ1) is 21.7. The highest BCUT2D eigenvalue weighted by atomic mass is 16.3. The van der Waals surface area contributed by atoms with Crippen molar-refractivity contribution in [1.29, 1.82) is 0 Å². The van der Waals surface area contributed by atoms with Gasteiger partial charge in [0, 0.05) is 6.42 Å². The lowest BCUT2D eigenvalue weighted by atomic mass is 10.0. The fraction of sp³-hybridized carbons (Fsp3) is 0.625. The second-order valence-corrected chi connectivity index (χ2v) is 11.6. The van der Waals surface area contributed by atoms with Gasteiger partial charge in [-0.25, -0.2) is 0 Å². The molecule has 4 heteroatoms. The first kappa shape index (κ1) is 41.6. The zero-order valence-corrected chi connectivity index (χ0v) is 28.4. The number of aliphatic hydroxyl groups excluding tert-OH is 2. The van der Waals surface area contributed by atoms with Gasteiger partial charge in [0.25, 0.3) is 0 Å². The van der Waals surface area contributed by atoms with Crippen LogP contribution in [0, 0.1) is 0 Å². The predicted octanol–water partition coefficient (Wildman–Crippen LogP) is 10.6. The van der Waals surface area contributed by atoms with E-state index in [9.17, 15) is 15.0 Å². The van der Waals surface area contributed by atoms with E-state index in [4.69, 9.17) is 0 Å². The van der Waals surface area contributed by atoms with E-state index >= 15 is 0 Å². The quantitative estimate of drug-likeness (QED) is 0.0560. The third kappa shape index (κ3) is 31.0. The molecule has 2 atom stereocenters. The van der Waals surface area contributed by atoms with Crippen LogP contribution in [-0.2, 0) is 4.79 Å². The van der Waals surface area contributed by atoms with Crippen molar-refractivity contribution in [2.24, 2.45) is 0 Å². The summed E-state index contributed by atoms with van der Waals surface area (Å²) in [6.45, 7) is 4.13. The standard InChI is InChI=1S/C40H67NO3/c1-3-5-7-9-11-13-15-17-18-19-20-21-22-24-26-28-30-32-34-36-40(44)41-38(37-42)39(43)35-33-31-29-27-25-23-16-14-12-10-8-6-4-2/h5,7,11,13,17-18,20-21,24,26,30,32-33,35,38-39,42-43H,3-4,6,8-10,12,14-16,19,22-23,25,27-29,31,34,36-37H2,1-2H3,(H,41,44)/b7-5-,13-11+,18-17+,21-20+,26-24+,32-30+,35-33+/t38-,39+/m0/s1. The van der Waals surface area contributed by atoms with Crippen LogP contribution in [0.3, 0.4) is 0 Å². The summed E-state index contributed by atoms with van der Waals surface area (Å²) in [6, 6.07) is -0.665. The number of hydrogen-bond acceptors (Lipinski definition) is 3. The maximum absolute atomic E-state index is 12.3. The molecule has 0 spiro atoms. The molecular weight excluding hydrogens is 542 g/mol. The molecule has 0 aliphatic heterocycles. The maximum Gasteiger partial charge on any atom is 0.220 e. The molecule has 0 rings (SSSR count). The first-order valence-corrected chi connectivity index (χ1v) is 17.8. The summed E-state index contributed by atoms with van der Waals surface area (Å²) in [6.07, 6.45) is 51.0. The minimum atomic E-state index is -0.873. The van der Waals surface area contributed by atoms with Crippen molar-refractivity contribution < 1.29 is 15.0 Å². The highest BCUT2D eigenvalue weighted by Gasteiger charge is 2.17. The monoisotopic (exact) mass is 610 g/mol. The maximum atomic E-state index is 12.3. The number of carbonyl (C=O) groups excluding carboxylic acids is 1. The molecule has 0 saturated carbocycles. The molecule has 250 valence electrons. The lowest BCUT2D eigenvalue weighted by Gasteiger charge is -2.19. The Morgan fingerprint density at radius 3 is 1.45 bits per heavy atom. The van der Waals surface area contributed by atoms with Gasteiger partial charge in [-0.2, -0.15) is 0 Å². The molecule has 0 heterocycles. The second kappa shape index (κ2) is 35.1. The average molecular weight is 610 g/mol. The van der Waals surface area contributed by atoms with Crippen LogP contribution in [-0.4, -0.2) is 34.9 Å². The Bertz CT molecular complexity index is 834. The minimum Gasteiger partial charge on any atom is -0.394 e. The molecule has 0 fully saturated rings. The van der Waals surface area contributed by atoms with Crippen LogP contribution in [0.1, 0.15) is 142 Å². The molecule has 44 heavy (non-hydrogen) atoms. The molecule has 3 N–H and O–H groups in total. The van der Waals surface area contributed by atoms with E-state index in [0.29, 0.717) is 12.8 Å². The third-order valence-electron chi connectivity index (χ3n) is 7.40. The highest BCUT2D eigenvalue weighted by Crippen LogP contribution is 2.12. The summed E-state index contributed by atoms with van der Waals surface area (Å²) in [7, 11) is 0. The van der Waals surface area contributed by atoms with Crippen molar-refractivity contribution in [3.8, 4) is 0 Å². The molecule has 0 unspecified atom stereocenters. The SMILES string of the molecule is CC/C=C\C/C=C/C/C=C/C/C=C/C/C=C/C/C=C/CCC(=O)N[C@@H](CO)[C@H](O)/C=C/CCCCCCCCCCCCC. The Kier molecular flexibility index (Phi) is 33.1. The zero-order chi connectivity index (χ0) is 32.2. The Labute approximate surface area is 271 Å². The number of unbranched alkanes of at least 4 members (excludes halogenated alkanes) is 11. The number of carbonyl (C=O) groups is 1. The molecule has 0 aromatic rings. The smallest absolute Gasteiger partial charge is 0.220 e. The van der Waals surface area contributed by atoms with E-state index in [1.165, 1.54) is 64.2 Å². The number of aliphatic hydroxyl groups is 2. The van der Waals surface area contributed by atoms with Crippen molar-refractivity contribution in [1.82, 2.24) is 5.32 Å². The number of allylic oxidation sites excluding steroid dienone is 13. The Hall–Kier alpha value is -2.43. The van der Waals surface area contributed by atoms with Gasteiger partial charge in [-0.1, -0.05) is 163 Å². The lowest BCUT2D eigenvalue weighted by Crippen LogP contribution is -2.45. The summed E-state index contributed by atoms with van der Waals surface area (Å²) in [5.74, 6) is -0.151. The van der Waals surface area contributed by atoms with Crippen LogP contribution < -0.4 is 5.32 Å². The number of amides is 1. The van der Waals surface area contributed by atoms with Crippen molar-refractivity contribution >= 4 is 5.91 Å². The van der Waals surface area contributed by atoms with E-state index in [1.54, 1.807) is 6.08 Å². The van der Waals surface area contributed by atoms with E-state index in [-0.39, 0.29) is 12.5 Å². The minimum absolute atomic E-state index is 0.151. The molecule has 0 aliphatic carbocycles. The fourth-order valence-electron chi connectivity index (χ4n) is 4.67. The fourth-order valence-corrected chi connectivity index (χ4v) is 4.67. The van der Waals surface area contributed by atoms with Crippen LogP contribution in [0.15, 0.2) is 85.1 Å². The number of rotatable bonds is 30. The van der Waals surface area contributed by atoms with Gasteiger partial charge >= 0.3 is 0 Å². The molecular formula is C40H67NO3. The predicted molar refractivity (Wildman–Crippen MR) is 193 cm³/mol. The largest absolute Gasteiger partial charge is 0.394 e. The summed E-state index contributed by atoms with van der Waals surface area (Å²) in [5, 5.41) is 22.8. The molecule has 0 bridgehead atoms. The summed E-state index contributed by atoms with van der Waals surface area (Å²) < 4.78 is 0. The molecule has 0 saturated heterocycles. The normalized spacial score (nSPS) is 14.2. The second-order valence-electron chi connectivity index (χ2n) is 11.6. The van der Waals surface area contributed by atoms with Gasteiger partial charge in [-0.3, -0.25) is 4.79 Å². The van der Waals surface area contributed by atoms with E-state index < -0.39 is 12.1 Å². The van der Waals surface area contributed by atoms with Gasteiger partial charge in [0.15, 0.2) is 0 Å². The Morgan fingerprint density at radius 1 is 0.568 bits per heavy atom. The molecule has 4 nitrogen and oxygen atoms in total. The van der Waals surface area contributed by atoms with Crippen LogP contribution in [0.5, 0.6) is 0 Å². The van der Waals surface area contributed by atoms with Gasteiger partial charge in [0.1, 0.15) is 0 Å². The van der Waals surface area contributed by atoms with Crippen LogP contribution in [0.2, 0.25) is 0 Å². The van der Waals surface area contributed by atoms with Crippen molar-refractivity contribution in [2.75, 3.05) is 6.61 Å². The average Bonchev–Trinajstić information content (AvgIpc) is 3.03. The number of hydrogen-bond donors (Lipinski definition) is 3. The summed E-state index contributed by atoms with van der Waals surface area (Å²) in [4.78, 5) is 12.3. The lowest BCUT2D eigenvalue weighted by molar-refractivity contribution is -0.122. The molecule has 0 aromatic carbocycles. The number of nitrogens with one attached hydrogen (secondary N) is 1. The Balaban J connectivity index is 3.84. The third-order valence-corrected chi connectivity index (χ3v) is 7.40. The molecule has 0 aromatic heterocycles. The molecule has 0 aliphatic rings. The topological polar surface area (TPSA) is 69.6 Å². The zero-order valence-electron chi connectivity index (χ0n) is 28.4. The van der Waals surface area contributed by atoms with E-state index in [0.717, 1.165) is 51.4 Å². The van der Waals surface area contributed by atoms with Gasteiger partial charge in [-0.15, -0.1) is 0 Å². The van der Waals surface area contributed by atoms with Gasteiger partial charge in [0.05, 0.1) is 18.8 Å². The Morgan fingerprint density at radius 2 is 1.00 bits per heavy atom. The highest BCUT2D eigenvalue weighted by molar-refractivity contribution is 5.76. The molecule has 1 amide bonds. The van der Waals surface area contributed by atoms with E-state index in [1.807, 2.05) is 12.2 Å². The van der Waals surface area contributed by atoms with Gasteiger partial charge in [-0.05, 0) is 57.8 Å². The van der Waals surface area contributed by atoms with Gasteiger partial charge < -0.3 is 15.5 Å². The van der Waals surface area contributed by atoms with Crippen molar-refractivity contribution in [2.45, 2.75) is 154 Å².